The van der Waals surface area contributed by atoms with E-state index < -0.39 is 22.4 Å². The van der Waals surface area contributed by atoms with Gasteiger partial charge in [0.2, 0.25) is 5.95 Å². The van der Waals surface area contributed by atoms with E-state index in [1.54, 1.807) is 41.6 Å². The third-order valence-corrected chi connectivity index (χ3v) is 6.23. The number of nitrogens with zero attached hydrogens (tertiary/aromatic N) is 4. The third-order valence-electron chi connectivity index (χ3n) is 4.50. The maximum Gasteiger partial charge on any atom is 0.307 e. The SMILES string of the molecule is O=C(CCS(=O)(=O)c1ccccc1)OCC(=O)N1CCN(c2ncccn2)CC1. The number of hydrogen-bond donors (Lipinski definition) is 0. The van der Waals surface area contributed by atoms with Crippen molar-refractivity contribution in [1.82, 2.24) is 14.9 Å². The van der Waals surface area contributed by atoms with Crippen LogP contribution >= 0.6 is 0 Å². The van der Waals surface area contributed by atoms with Gasteiger partial charge in [-0.1, -0.05) is 18.2 Å². The Kier molecular flexibility index (Phi) is 6.76. The van der Waals surface area contributed by atoms with Gasteiger partial charge in [0.25, 0.3) is 5.91 Å². The predicted octanol–water partition coefficient (Wildman–Crippen LogP) is 0.532. The maximum absolute atomic E-state index is 12.2. The van der Waals surface area contributed by atoms with Crippen LogP contribution in [-0.4, -0.2) is 73.7 Å². The van der Waals surface area contributed by atoms with Gasteiger partial charge < -0.3 is 14.5 Å². The number of sulfone groups is 1. The lowest BCUT2D eigenvalue weighted by Crippen LogP contribution is -2.50. The molecule has 0 aliphatic carbocycles. The Labute approximate surface area is 169 Å². The molecule has 0 atom stereocenters. The van der Waals surface area contributed by atoms with Gasteiger partial charge in [0.1, 0.15) is 0 Å². The number of benzene rings is 1. The molecule has 1 aromatic heterocycles. The summed E-state index contributed by atoms with van der Waals surface area (Å²) in [5.74, 6) is -0.766. The van der Waals surface area contributed by atoms with Crippen LogP contribution in [0.2, 0.25) is 0 Å². The van der Waals surface area contributed by atoms with Crippen LogP contribution in [0.1, 0.15) is 6.42 Å². The van der Waals surface area contributed by atoms with E-state index in [4.69, 9.17) is 4.74 Å². The van der Waals surface area contributed by atoms with Gasteiger partial charge >= 0.3 is 5.97 Å². The molecule has 9 nitrogen and oxygen atoms in total. The van der Waals surface area contributed by atoms with E-state index in [0.717, 1.165) is 0 Å². The lowest BCUT2D eigenvalue weighted by molar-refractivity contribution is -0.151. The average Bonchev–Trinajstić information content (AvgIpc) is 2.77. The van der Waals surface area contributed by atoms with E-state index in [-0.39, 0.29) is 23.0 Å². The average molecular weight is 418 g/mol. The molecular weight excluding hydrogens is 396 g/mol. The number of esters is 1. The van der Waals surface area contributed by atoms with E-state index in [2.05, 4.69) is 9.97 Å². The smallest absolute Gasteiger partial charge is 0.307 e. The lowest BCUT2D eigenvalue weighted by atomic mass is 10.3. The second kappa shape index (κ2) is 9.46. The predicted molar refractivity (Wildman–Crippen MR) is 105 cm³/mol. The molecule has 1 saturated heterocycles. The number of anilines is 1. The fourth-order valence-corrected chi connectivity index (χ4v) is 4.12. The van der Waals surface area contributed by atoms with Crippen molar-refractivity contribution in [3.05, 3.63) is 48.8 Å². The van der Waals surface area contributed by atoms with Gasteiger partial charge in [-0.05, 0) is 18.2 Å². The van der Waals surface area contributed by atoms with Crippen molar-refractivity contribution < 1.29 is 22.7 Å². The molecular formula is C19H22N4O5S. The highest BCUT2D eigenvalue weighted by Gasteiger charge is 2.23. The topological polar surface area (TPSA) is 110 Å². The highest BCUT2D eigenvalue weighted by atomic mass is 32.2. The zero-order valence-corrected chi connectivity index (χ0v) is 16.6. The Hall–Kier alpha value is -3.01. The van der Waals surface area contributed by atoms with Crippen LogP contribution in [0.15, 0.2) is 53.7 Å². The Morgan fingerprint density at radius 2 is 1.62 bits per heavy atom. The summed E-state index contributed by atoms with van der Waals surface area (Å²) in [6.45, 7) is 1.71. The van der Waals surface area contributed by atoms with E-state index >= 15 is 0 Å². The zero-order valence-electron chi connectivity index (χ0n) is 15.8. The van der Waals surface area contributed by atoms with Crippen LogP contribution in [0, 0.1) is 0 Å². The molecule has 0 saturated carbocycles. The van der Waals surface area contributed by atoms with Gasteiger partial charge in [0.15, 0.2) is 16.4 Å². The molecule has 1 aromatic carbocycles. The minimum Gasteiger partial charge on any atom is -0.456 e. The number of aromatic nitrogens is 2. The van der Waals surface area contributed by atoms with Crippen LogP contribution < -0.4 is 4.90 Å². The van der Waals surface area contributed by atoms with Crippen LogP contribution in [-0.2, 0) is 24.2 Å². The molecule has 1 fully saturated rings. The number of hydrogen-bond acceptors (Lipinski definition) is 8. The van der Waals surface area contributed by atoms with Gasteiger partial charge in [-0.15, -0.1) is 0 Å². The monoisotopic (exact) mass is 418 g/mol. The first-order valence-corrected chi connectivity index (χ1v) is 10.8. The van der Waals surface area contributed by atoms with Gasteiger partial charge in [-0.3, -0.25) is 9.59 Å². The van der Waals surface area contributed by atoms with E-state index in [1.165, 1.54) is 12.1 Å². The standard InChI is InChI=1S/C19H22N4O5S/c24-17(22-10-12-23(13-11-22)19-20-8-4-9-21-19)15-28-18(25)7-14-29(26,27)16-5-2-1-3-6-16/h1-6,8-9H,7,10-15H2. The highest BCUT2D eigenvalue weighted by Crippen LogP contribution is 2.12. The zero-order chi connectivity index (χ0) is 20.7. The number of amides is 1. The first kappa shape index (κ1) is 20.7. The number of carbonyl (C=O) groups excluding carboxylic acids is 2. The fourth-order valence-electron chi connectivity index (χ4n) is 2.88. The summed E-state index contributed by atoms with van der Waals surface area (Å²) in [7, 11) is -3.56. The van der Waals surface area contributed by atoms with E-state index in [0.29, 0.717) is 32.1 Å². The quantitative estimate of drug-likeness (QED) is 0.599. The lowest BCUT2D eigenvalue weighted by Gasteiger charge is -2.34. The molecule has 1 aliphatic rings. The van der Waals surface area contributed by atoms with Crippen LogP contribution in [0.5, 0.6) is 0 Å². The third kappa shape index (κ3) is 5.74. The number of carbonyl (C=O) groups is 2. The van der Waals surface area contributed by atoms with E-state index in [9.17, 15) is 18.0 Å². The van der Waals surface area contributed by atoms with Gasteiger partial charge in [-0.25, -0.2) is 18.4 Å². The molecule has 2 aromatic rings. The summed E-state index contributed by atoms with van der Waals surface area (Å²) in [6, 6.07) is 9.64. The molecule has 0 N–H and O–H groups in total. The number of rotatable bonds is 7. The van der Waals surface area contributed by atoms with Crippen molar-refractivity contribution in [1.29, 1.82) is 0 Å². The summed E-state index contributed by atoms with van der Waals surface area (Å²) >= 11 is 0. The first-order chi connectivity index (χ1) is 14.0. The van der Waals surface area contributed by atoms with Crippen LogP contribution in [0.4, 0.5) is 5.95 Å². The van der Waals surface area contributed by atoms with Crippen LogP contribution in [0.3, 0.4) is 0 Å². The van der Waals surface area contributed by atoms with Gasteiger partial charge in [0.05, 0.1) is 17.1 Å². The molecule has 0 spiro atoms. The molecule has 0 unspecified atom stereocenters. The molecule has 10 heteroatoms. The van der Waals surface area contributed by atoms with Crippen molar-refractivity contribution in [3.8, 4) is 0 Å². The summed E-state index contributed by atoms with van der Waals surface area (Å²) in [5, 5.41) is 0. The first-order valence-electron chi connectivity index (χ1n) is 9.19. The van der Waals surface area contributed by atoms with Crippen molar-refractivity contribution in [2.24, 2.45) is 0 Å². The normalized spacial score (nSPS) is 14.5. The van der Waals surface area contributed by atoms with E-state index in [1.807, 2.05) is 4.90 Å². The number of ether oxygens (including phenoxy) is 1. The molecule has 1 amide bonds. The largest absolute Gasteiger partial charge is 0.456 e. The molecule has 2 heterocycles. The molecule has 0 bridgehead atoms. The molecule has 29 heavy (non-hydrogen) atoms. The fraction of sp³-hybridized carbons (Fsp3) is 0.368. The van der Waals surface area contributed by atoms with Crippen LogP contribution in [0.25, 0.3) is 0 Å². The molecule has 154 valence electrons. The highest BCUT2D eigenvalue weighted by molar-refractivity contribution is 7.91. The van der Waals surface area contributed by atoms with Gasteiger partial charge in [-0.2, -0.15) is 0 Å². The summed E-state index contributed by atoms with van der Waals surface area (Å²) in [6.07, 6.45) is 3.03. The van der Waals surface area contributed by atoms with Crippen molar-refractivity contribution >= 4 is 27.7 Å². The Balaban J connectivity index is 1.40. The molecule has 3 rings (SSSR count). The second-order valence-corrected chi connectivity index (χ2v) is 8.57. The minimum atomic E-state index is -3.56. The Morgan fingerprint density at radius 3 is 2.28 bits per heavy atom. The van der Waals surface area contributed by atoms with Crippen molar-refractivity contribution in [2.75, 3.05) is 43.4 Å². The Bertz CT molecular complexity index is 930. The second-order valence-electron chi connectivity index (χ2n) is 6.46. The van der Waals surface area contributed by atoms with Crippen molar-refractivity contribution in [3.63, 3.8) is 0 Å². The summed E-state index contributed by atoms with van der Waals surface area (Å²) in [4.78, 5) is 36.2. The maximum atomic E-state index is 12.2. The summed E-state index contributed by atoms with van der Waals surface area (Å²) in [5.41, 5.74) is 0. The molecule has 0 radical (unpaired) electrons. The molecule has 1 aliphatic heterocycles. The van der Waals surface area contributed by atoms with Crippen molar-refractivity contribution in [2.45, 2.75) is 11.3 Å². The summed E-state index contributed by atoms with van der Waals surface area (Å²) < 4.78 is 29.3. The number of piperazine rings is 1. The minimum absolute atomic E-state index is 0.157. The van der Waals surface area contributed by atoms with Gasteiger partial charge in [0, 0.05) is 38.6 Å². The Morgan fingerprint density at radius 1 is 0.966 bits per heavy atom.